The molecule has 2 N–H and O–H groups in total. The Kier molecular flexibility index (Phi) is 11.9. The summed E-state index contributed by atoms with van der Waals surface area (Å²) in [6.07, 6.45) is 10.4. The molecule has 1 heterocycles. The molecule has 0 aromatic carbocycles. The van der Waals surface area contributed by atoms with Crippen LogP contribution in [0, 0.1) is 0 Å². The van der Waals surface area contributed by atoms with E-state index in [0.717, 1.165) is 38.0 Å². The summed E-state index contributed by atoms with van der Waals surface area (Å²) in [5.74, 6) is 0. The van der Waals surface area contributed by atoms with Crippen molar-refractivity contribution in [3.63, 3.8) is 0 Å². The van der Waals surface area contributed by atoms with Crippen molar-refractivity contribution in [3.8, 4) is 0 Å². The Morgan fingerprint density at radius 1 is 1.21 bits per heavy atom. The highest BCUT2D eigenvalue weighted by atomic mass is 32.3. The molecule has 1 saturated heterocycles. The molecule has 2 unspecified atom stereocenters. The zero-order valence-corrected chi connectivity index (χ0v) is 17.8. The normalized spacial score (nSPS) is 21.9. The average Bonchev–Trinajstić information content (AvgIpc) is 2.68. The van der Waals surface area contributed by atoms with Gasteiger partial charge in [-0.3, -0.25) is 9.11 Å². The first kappa shape index (κ1) is 25.4. The summed E-state index contributed by atoms with van der Waals surface area (Å²) in [5, 5.41) is 0. The Morgan fingerprint density at radius 3 is 2.34 bits per heavy atom. The second-order valence-electron chi connectivity index (χ2n) is 6.52. The number of nitrogens with zero attached hydrogens (tertiary/aromatic N) is 3. The molecule has 0 bridgehead atoms. The fourth-order valence-corrected chi connectivity index (χ4v) is 2.66. The van der Waals surface area contributed by atoms with Gasteiger partial charge in [0, 0.05) is 25.0 Å². The molecule has 29 heavy (non-hydrogen) atoms. The predicted molar refractivity (Wildman–Crippen MR) is 107 cm³/mol. The minimum Gasteiger partial charge on any atom is -0.361 e. The first-order valence-electron chi connectivity index (χ1n) is 9.69. The van der Waals surface area contributed by atoms with Crippen molar-refractivity contribution in [3.05, 3.63) is 29.5 Å². The molecule has 0 spiro atoms. The molecular formula is C18H31N3O7S. The molecule has 2 rings (SSSR count). The summed E-state index contributed by atoms with van der Waals surface area (Å²) in [6, 6.07) is 0. The molecule has 1 aliphatic heterocycles. The summed E-state index contributed by atoms with van der Waals surface area (Å²) in [4.78, 5) is 5.45. The molecular weight excluding hydrogens is 402 g/mol. The fourth-order valence-electron chi connectivity index (χ4n) is 2.66. The minimum atomic E-state index is -4.67. The van der Waals surface area contributed by atoms with E-state index in [2.05, 4.69) is 29.6 Å². The lowest BCUT2D eigenvalue weighted by molar-refractivity contribution is -0.231. The number of allylic oxidation sites excluding steroid dienone is 3. The van der Waals surface area contributed by atoms with Gasteiger partial charge in [0.1, 0.15) is 0 Å². The first-order valence-corrected chi connectivity index (χ1v) is 11.1. The third-order valence-electron chi connectivity index (χ3n) is 4.15. The largest absolute Gasteiger partial charge is 0.394 e. The van der Waals surface area contributed by atoms with E-state index in [1.165, 1.54) is 0 Å². The van der Waals surface area contributed by atoms with Crippen LogP contribution in [0.2, 0.25) is 0 Å². The number of ether oxygens (including phenoxy) is 3. The molecule has 0 aromatic heterocycles. The monoisotopic (exact) mass is 433 g/mol. The van der Waals surface area contributed by atoms with Gasteiger partial charge < -0.3 is 24.6 Å². The van der Waals surface area contributed by atoms with Crippen LogP contribution in [0.4, 0.5) is 0 Å². The van der Waals surface area contributed by atoms with E-state index >= 15 is 0 Å². The SMILES string of the molecule is CCCCOC1CN(C2=CCC(=[N+]=[N-])C=C2)C(OCCCC)CO1.O=S(=O)(O)O. The third-order valence-corrected chi connectivity index (χ3v) is 4.15. The minimum absolute atomic E-state index is 0.105. The maximum Gasteiger partial charge on any atom is 0.394 e. The Bertz CT molecular complexity index is 694. The third kappa shape index (κ3) is 11.2. The predicted octanol–water partition coefficient (Wildman–Crippen LogP) is 2.47. The summed E-state index contributed by atoms with van der Waals surface area (Å²) in [7, 11) is -4.67. The zero-order chi connectivity index (χ0) is 21.7. The van der Waals surface area contributed by atoms with Gasteiger partial charge in [0.15, 0.2) is 12.5 Å². The van der Waals surface area contributed by atoms with Crippen molar-refractivity contribution in [2.24, 2.45) is 0 Å². The maximum atomic E-state index is 8.87. The van der Waals surface area contributed by atoms with Crippen LogP contribution in [0.5, 0.6) is 0 Å². The van der Waals surface area contributed by atoms with Gasteiger partial charge in [-0.25, -0.2) is 0 Å². The summed E-state index contributed by atoms with van der Waals surface area (Å²) in [6.45, 7) is 6.87. The van der Waals surface area contributed by atoms with E-state index in [-0.39, 0.29) is 12.5 Å². The second kappa shape index (κ2) is 13.6. The molecule has 2 atom stereocenters. The van der Waals surface area contributed by atoms with Crippen LogP contribution in [0.1, 0.15) is 46.0 Å². The molecule has 0 amide bonds. The highest BCUT2D eigenvalue weighted by molar-refractivity contribution is 7.79. The number of morpholine rings is 1. The van der Waals surface area contributed by atoms with Crippen molar-refractivity contribution in [1.82, 2.24) is 4.90 Å². The molecule has 0 radical (unpaired) electrons. The van der Waals surface area contributed by atoms with E-state index in [1.54, 1.807) is 0 Å². The summed E-state index contributed by atoms with van der Waals surface area (Å²) >= 11 is 0. The summed E-state index contributed by atoms with van der Waals surface area (Å²) < 4.78 is 49.2. The molecule has 11 heteroatoms. The molecule has 0 saturated carbocycles. The summed E-state index contributed by atoms with van der Waals surface area (Å²) in [5.41, 5.74) is 10.6. The first-order chi connectivity index (χ1) is 13.8. The topological polar surface area (TPSA) is 142 Å². The van der Waals surface area contributed by atoms with Crippen molar-refractivity contribution in [1.29, 1.82) is 0 Å². The van der Waals surface area contributed by atoms with Crippen LogP contribution in [-0.4, -0.2) is 71.8 Å². The van der Waals surface area contributed by atoms with Crippen LogP contribution in [0.15, 0.2) is 23.9 Å². The van der Waals surface area contributed by atoms with E-state index in [0.29, 0.717) is 31.9 Å². The number of rotatable bonds is 9. The van der Waals surface area contributed by atoms with Crippen molar-refractivity contribution < 1.29 is 36.5 Å². The van der Waals surface area contributed by atoms with Gasteiger partial charge in [-0.15, -0.1) is 0 Å². The lowest BCUT2D eigenvalue weighted by Crippen LogP contribution is -2.51. The van der Waals surface area contributed by atoms with Gasteiger partial charge in [0.2, 0.25) is 0 Å². The highest BCUT2D eigenvalue weighted by Crippen LogP contribution is 2.23. The zero-order valence-electron chi connectivity index (χ0n) is 16.9. The van der Waals surface area contributed by atoms with Gasteiger partial charge in [0.25, 0.3) is 5.71 Å². The molecule has 10 nitrogen and oxygen atoms in total. The fraction of sp³-hybridized carbons (Fsp3) is 0.722. The highest BCUT2D eigenvalue weighted by Gasteiger charge is 2.31. The quantitative estimate of drug-likeness (QED) is 0.244. The van der Waals surface area contributed by atoms with Crippen LogP contribution >= 0.6 is 0 Å². The van der Waals surface area contributed by atoms with Crippen molar-refractivity contribution in [2.45, 2.75) is 58.5 Å². The van der Waals surface area contributed by atoms with Gasteiger partial charge in [0.05, 0.1) is 19.6 Å². The van der Waals surface area contributed by atoms with Crippen LogP contribution in [0.25, 0.3) is 5.53 Å². The molecule has 166 valence electrons. The smallest absolute Gasteiger partial charge is 0.361 e. The van der Waals surface area contributed by atoms with Gasteiger partial charge in [-0.1, -0.05) is 26.7 Å². The molecule has 1 aliphatic carbocycles. The van der Waals surface area contributed by atoms with Gasteiger partial charge in [-0.2, -0.15) is 13.2 Å². The second-order valence-corrected chi connectivity index (χ2v) is 7.42. The number of hydrogen-bond donors (Lipinski definition) is 2. The Morgan fingerprint density at radius 2 is 1.83 bits per heavy atom. The van der Waals surface area contributed by atoms with E-state index < -0.39 is 10.4 Å². The number of hydrogen-bond acceptors (Lipinski definition) is 6. The van der Waals surface area contributed by atoms with Gasteiger partial charge in [-0.05, 0) is 25.0 Å². The standard InChI is InChI=1S/C18H29N3O3.H2O4S/c1-3-5-11-22-17-14-24-18(23-12-6-4-2)13-21(17)16-9-7-15(20-19)8-10-16;1-5(2,3)4/h7,9-10,17-18H,3-6,8,11-14H2,1-2H3;(H2,1,2,3,4). The Labute approximate surface area is 172 Å². The van der Waals surface area contributed by atoms with Gasteiger partial charge >= 0.3 is 10.4 Å². The Balaban J connectivity index is 0.000000749. The average molecular weight is 434 g/mol. The van der Waals surface area contributed by atoms with Crippen LogP contribution in [0.3, 0.4) is 0 Å². The Hall–Kier alpha value is -1.59. The molecule has 1 fully saturated rings. The van der Waals surface area contributed by atoms with Crippen molar-refractivity contribution in [2.75, 3.05) is 26.4 Å². The number of unbranched alkanes of at least 4 members (excludes halogenated alkanes) is 2. The maximum absolute atomic E-state index is 8.87. The lowest BCUT2D eigenvalue weighted by atomic mass is 10.1. The van der Waals surface area contributed by atoms with E-state index in [1.807, 2.05) is 12.2 Å². The van der Waals surface area contributed by atoms with Crippen LogP contribution < -0.4 is 0 Å². The van der Waals surface area contributed by atoms with Crippen molar-refractivity contribution >= 4 is 16.1 Å². The molecule has 2 aliphatic rings. The molecule has 0 aromatic rings. The van der Waals surface area contributed by atoms with E-state index in [9.17, 15) is 0 Å². The lowest BCUT2D eigenvalue weighted by Gasteiger charge is -2.41. The van der Waals surface area contributed by atoms with Crippen LogP contribution in [-0.2, 0) is 24.6 Å². The van der Waals surface area contributed by atoms with E-state index in [4.69, 9.17) is 37.3 Å².